The van der Waals surface area contributed by atoms with Crippen LogP contribution in [0.1, 0.15) is 35.7 Å². The molecule has 1 atom stereocenters. The van der Waals surface area contributed by atoms with Crippen LogP contribution < -0.4 is 10.6 Å². The van der Waals surface area contributed by atoms with Gasteiger partial charge in [-0.15, -0.1) is 11.3 Å². The molecule has 27 heavy (non-hydrogen) atoms. The van der Waals surface area contributed by atoms with Gasteiger partial charge in [0.2, 0.25) is 11.8 Å². The number of aromatic nitrogens is 2. The third-order valence-corrected chi connectivity index (χ3v) is 5.20. The van der Waals surface area contributed by atoms with Crippen molar-refractivity contribution in [1.82, 2.24) is 15.1 Å². The molecule has 2 aromatic heterocycles. The molecule has 0 aliphatic carbocycles. The average molecular weight is 382 g/mol. The van der Waals surface area contributed by atoms with Crippen molar-refractivity contribution in [1.29, 1.82) is 0 Å². The predicted octanol–water partition coefficient (Wildman–Crippen LogP) is 3.76. The van der Waals surface area contributed by atoms with Crippen LogP contribution in [0, 0.1) is 13.8 Å². The van der Waals surface area contributed by atoms with Gasteiger partial charge in [0.1, 0.15) is 0 Å². The molecule has 0 spiro atoms. The third kappa shape index (κ3) is 4.43. The molecule has 3 aromatic rings. The minimum Gasteiger partial charge on any atom is -0.348 e. The SMILES string of the molecule is CC(=O)N[C@H](CC(=O)Nc1c(C)nn(-c2ccccc2)c1C)c1cccs1. The van der Waals surface area contributed by atoms with Crippen molar-refractivity contribution >= 4 is 28.8 Å². The molecule has 6 nitrogen and oxygen atoms in total. The van der Waals surface area contributed by atoms with E-state index < -0.39 is 0 Å². The van der Waals surface area contributed by atoms with Crippen molar-refractivity contribution in [2.45, 2.75) is 33.2 Å². The van der Waals surface area contributed by atoms with Crippen molar-refractivity contribution < 1.29 is 9.59 Å². The first-order chi connectivity index (χ1) is 13.0. The Labute approximate surface area is 162 Å². The normalized spacial score (nSPS) is 11.8. The predicted molar refractivity (Wildman–Crippen MR) is 107 cm³/mol. The highest BCUT2D eigenvalue weighted by Crippen LogP contribution is 2.25. The summed E-state index contributed by atoms with van der Waals surface area (Å²) in [5.74, 6) is -0.327. The molecule has 0 fully saturated rings. The van der Waals surface area contributed by atoms with Gasteiger partial charge in [-0.25, -0.2) is 4.68 Å². The first-order valence-corrected chi connectivity index (χ1v) is 9.55. The first kappa shape index (κ1) is 18.8. The van der Waals surface area contributed by atoms with Gasteiger partial charge in [0.05, 0.1) is 35.2 Å². The molecular formula is C20H22N4O2S. The molecule has 0 aliphatic heterocycles. The maximum atomic E-state index is 12.7. The lowest BCUT2D eigenvalue weighted by Crippen LogP contribution is -2.29. The van der Waals surface area contributed by atoms with E-state index >= 15 is 0 Å². The molecular weight excluding hydrogens is 360 g/mol. The number of rotatable bonds is 6. The van der Waals surface area contributed by atoms with E-state index in [0.717, 1.165) is 22.0 Å². The van der Waals surface area contributed by atoms with Gasteiger partial charge in [0.25, 0.3) is 0 Å². The van der Waals surface area contributed by atoms with E-state index in [0.29, 0.717) is 5.69 Å². The van der Waals surface area contributed by atoms with Crippen LogP contribution in [-0.2, 0) is 9.59 Å². The molecule has 0 saturated heterocycles. The highest BCUT2D eigenvalue weighted by Gasteiger charge is 2.20. The smallest absolute Gasteiger partial charge is 0.226 e. The summed E-state index contributed by atoms with van der Waals surface area (Å²) in [4.78, 5) is 25.1. The molecule has 1 aromatic carbocycles. The summed E-state index contributed by atoms with van der Waals surface area (Å²) in [5, 5.41) is 12.3. The highest BCUT2D eigenvalue weighted by atomic mass is 32.1. The van der Waals surface area contributed by atoms with E-state index in [4.69, 9.17) is 0 Å². The standard InChI is InChI=1S/C20H22N4O2S/c1-13-20(14(2)24(23-13)16-8-5-4-6-9-16)22-19(26)12-17(21-15(3)25)18-10-7-11-27-18/h4-11,17H,12H2,1-3H3,(H,21,25)(H,22,26)/t17-/m1/s1. The summed E-state index contributed by atoms with van der Waals surface area (Å²) < 4.78 is 1.81. The quantitative estimate of drug-likeness (QED) is 0.682. The van der Waals surface area contributed by atoms with E-state index in [-0.39, 0.29) is 24.3 Å². The van der Waals surface area contributed by atoms with E-state index in [1.807, 2.05) is 66.4 Å². The van der Waals surface area contributed by atoms with E-state index in [9.17, 15) is 9.59 Å². The number of carbonyl (C=O) groups is 2. The number of nitrogens with zero attached hydrogens (tertiary/aromatic N) is 2. The topological polar surface area (TPSA) is 76.0 Å². The maximum Gasteiger partial charge on any atom is 0.226 e. The van der Waals surface area contributed by atoms with E-state index in [2.05, 4.69) is 15.7 Å². The summed E-state index contributed by atoms with van der Waals surface area (Å²) in [6.45, 7) is 5.25. The zero-order valence-electron chi connectivity index (χ0n) is 15.5. The van der Waals surface area contributed by atoms with E-state index in [1.54, 1.807) is 0 Å². The second-order valence-corrected chi connectivity index (χ2v) is 7.29. The number of aryl methyl sites for hydroxylation is 1. The number of nitrogens with one attached hydrogen (secondary N) is 2. The second kappa shape index (κ2) is 8.18. The van der Waals surface area contributed by atoms with Crippen molar-refractivity contribution in [2.75, 3.05) is 5.32 Å². The zero-order chi connectivity index (χ0) is 19.4. The lowest BCUT2D eigenvalue weighted by atomic mass is 10.1. The minimum atomic E-state index is -0.340. The first-order valence-electron chi connectivity index (χ1n) is 8.67. The fourth-order valence-corrected chi connectivity index (χ4v) is 3.76. The van der Waals surface area contributed by atoms with Gasteiger partial charge in [-0.05, 0) is 37.4 Å². The third-order valence-electron chi connectivity index (χ3n) is 4.21. The Morgan fingerprint density at radius 2 is 1.89 bits per heavy atom. The van der Waals surface area contributed by atoms with Crippen LogP contribution in [0.15, 0.2) is 47.8 Å². The van der Waals surface area contributed by atoms with Crippen LogP contribution in [-0.4, -0.2) is 21.6 Å². The number of hydrogen-bond donors (Lipinski definition) is 2. The molecule has 140 valence electrons. The van der Waals surface area contributed by atoms with Gasteiger partial charge < -0.3 is 10.6 Å². The van der Waals surface area contributed by atoms with Crippen molar-refractivity contribution in [2.24, 2.45) is 0 Å². The van der Waals surface area contributed by atoms with Gasteiger partial charge in [0.15, 0.2) is 0 Å². The van der Waals surface area contributed by atoms with Gasteiger partial charge >= 0.3 is 0 Å². The molecule has 0 aliphatic rings. The Bertz CT molecular complexity index is 933. The number of para-hydroxylation sites is 1. The minimum absolute atomic E-state index is 0.162. The Morgan fingerprint density at radius 3 is 2.52 bits per heavy atom. The van der Waals surface area contributed by atoms with Crippen LogP contribution >= 0.6 is 11.3 Å². The Hall–Kier alpha value is -2.93. The van der Waals surface area contributed by atoms with Gasteiger partial charge in [-0.3, -0.25) is 9.59 Å². The van der Waals surface area contributed by atoms with Crippen LogP contribution in [0.5, 0.6) is 0 Å². The summed E-state index contributed by atoms with van der Waals surface area (Å²) in [6.07, 6.45) is 0.162. The number of amides is 2. The molecule has 2 amide bonds. The van der Waals surface area contributed by atoms with Crippen LogP contribution in [0.4, 0.5) is 5.69 Å². The monoisotopic (exact) mass is 382 g/mol. The van der Waals surface area contributed by atoms with Gasteiger partial charge in [-0.1, -0.05) is 24.3 Å². The maximum absolute atomic E-state index is 12.7. The van der Waals surface area contributed by atoms with Crippen LogP contribution in [0.3, 0.4) is 0 Å². The summed E-state index contributed by atoms with van der Waals surface area (Å²) in [7, 11) is 0. The Morgan fingerprint density at radius 1 is 1.15 bits per heavy atom. The van der Waals surface area contributed by atoms with E-state index in [1.165, 1.54) is 18.3 Å². The van der Waals surface area contributed by atoms with Crippen LogP contribution in [0.2, 0.25) is 0 Å². The van der Waals surface area contributed by atoms with Crippen molar-refractivity contribution in [3.63, 3.8) is 0 Å². The number of anilines is 1. The number of carbonyl (C=O) groups excluding carboxylic acids is 2. The second-order valence-electron chi connectivity index (χ2n) is 6.31. The summed E-state index contributed by atoms with van der Waals surface area (Å²) in [6, 6.07) is 13.3. The Kier molecular flexibility index (Phi) is 5.71. The highest BCUT2D eigenvalue weighted by molar-refractivity contribution is 7.10. The molecule has 0 bridgehead atoms. The molecule has 3 rings (SSSR count). The van der Waals surface area contributed by atoms with Gasteiger partial charge in [-0.2, -0.15) is 5.10 Å². The molecule has 7 heteroatoms. The average Bonchev–Trinajstić information content (AvgIpc) is 3.26. The molecule has 0 saturated carbocycles. The number of thiophene rings is 1. The van der Waals surface area contributed by atoms with Crippen molar-refractivity contribution in [3.8, 4) is 5.69 Å². The zero-order valence-corrected chi connectivity index (χ0v) is 16.3. The molecule has 2 N–H and O–H groups in total. The number of hydrogen-bond acceptors (Lipinski definition) is 4. The summed E-state index contributed by atoms with van der Waals surface area (Å²) >= 11 is 1.52. The molecule has 0 unspecified atom stereocenters. The fourth-order valence-electron chi connectivity index (χ4n) is 2.98. The largest absolute Gasteiger partial charge is 0.348 e. The van der Waals surface area contributed by atoms with Crippen molar-refractivity contribution in [3.05, 3.63) is 64.1 Å². The lowest BCUT2D eigenvalue weighted by Gasteiger charge is -2.16. The Balaban J connectivity index is 1.77. The molecule has 0 radical (unpaired) electrons. The lowest BCUT2D eigenvalue weighted by molar-refractivity contribution is -0.120. The summed E-state index contributed by atoms with van der Waals surface area (Å²) in [5.41, 5.74) is 3.25. The molecule has 2 heterocycles. The van der Waals surface area contributed by atoms with Gasteiger partial charge in [0, 0.05) is 11.8 Å². The fraction of sp³-hybridized carbons (Fsp3) is 0.250. The van der Waals surface area contributed by atoms with Crippen LogP contribution in [0.25, 0.3) is 5.69 Å². The number of benzene rings is 1.